The lowest BCUT2D eigenvalue weighted by molar-refractivity contribution is 0.0696. The Morgan fingerprint density at radius 2 is 2.00 bits per heavy atom. The van der Waals surface area contributed by atoms with Crippen LogP contribution in [0, 0.1) is 19.7 Å². The van der Waals surface area contributed by atoms with Gasteiger partial charge in [-0.2, -0.15) is 0 Å². The Kier molecular flexibility index (Phi) is 3.26. The highest BCUT2D eigenvalue weighted by Gasteiger charge is 2.16. The van der Waals surface area contributed by atoms with Gasteiger partial charge in [0.1, 0.15) is 5.82 Å². The average molecular weight is 312 g/mol. The number of aromatic carboxylic acids is 1. The molecule has 18 heavy (non-hydrogen) atoms. The maximum absolute atomic E-state index is 13.2. The van der Waals surface area contributed by atoms with Crippen molar-refractivity contribution in [2.24, 2.45) is 0 Å². The lowest BCUT2D eigenvalue weighted by Crippen LogP contribution is -2.02. The fourth-order valence-electron chi connectivity index (χ4n) is 2.00. The van der Waals surface area contributed by atoms with Crippen LogP contribution >= 0.6 is 15.9 Å². The largest absolute Gasteiger partial charge is 0.478 e. The number of rotatable bonds is 2. The zero-order valence-corrected chi connectivity index (χ0v) is 11.5. The van der Waals surface area contributed by atoms with Gasteiger partial charge in [0.05, 0.1) is 10.0 Å². The number of aryl methyl sites for hydroxylation is 1. The summed E-state index contributed by atoms with van der Waals surface area (Å²) >= 11 is 3.12. The third-order valence-corrected chi connectivity index (χ3v) is 3.43. The van der Waals surface area contributed by atoms with E-state index in [1.165, 1.54) is 6.07 Å². The lowest BCUT2D eigenvalue weighted by Gasteiger charge is -2.10. The van der Waals surface area contributed by atoms with Gasteiger partial charge in [-0.15, -0.1) is 0 Å². The van der Waals surface area contributed by atoms with E-state index in [-0.39, 0.29) is 11.4 Å². The molecular weight excluding hydrogens is 301 g/mol. The number of carbonyl (C=O) groups is 1. The number of hydrogen-bond acceptors (Lipinski definition) is 1. The normalized spacial score (nSPS) is 10.7. The van der Waals surface area contributed by atoms with Crippen LogP contribution in [0.4, 0.5) is 4.39 Å². The SMILES string of the molecule is Cc1cc(C(=O)O)c(C)n1-c1ccc(F)c(Br)c1. The molecule has 0 aliphatic heterocycles. The molecule has 1 aromatic carbocycles. The average Bonchev–Trinajstić information content (AvgIpc) is 2.59. The van der Waals surface area contributed by atoms with Crippen LogP contribution in [0.15, 0.2) is 28.7 Å². The van der Waals surface area contributed by atoms with Crippen LogP contribution < -0.4 is 0 Å². The van der Waals surface area contributed by atoms with Gasteiger partial charge in [0.2, 0.25) is 0 Å². The highest BCUT2D eigenvalue weighted by Crippen LogP contribution is 2.24. The fraction of sp³-hybridized carbons (Fsp3) is 0.154. The third-order valence-electron chi connectivity index (χ3n) is 2.82. The molecule has 0 unspecified atom stereocenters. The van der Waals surface area contributed by atoms with E-state index in [0.717, 1.165) is 11.4 Å². The van der Waals surface area contributed by atoms with E-state index in [4.69, 9.17) is 5.11 Å². The van der Waals surface area contributed by atoms with Gasteiger partial charge in [-0.05, 0) is 54.0 Å². The standard InChI is InChI=1S/C13H11BrFNO2/c1-7-5-10(13(17)18)8(2)16(7)9-3-4-12(15)11(14)6-9/h3-6H,1-2H3,(H,17,18). The zero-order valence-electron chi connectivity index (χ0n) is 9.87. The predicted octanol–water partition coefficient (Wildman–Crippen LogP) is 3.69. The summed E-state index contributed by atoms with van der Waals surface area (Å²) in [5.41, 5.74) is 2.40. The number of carboxylic acid groups (broad SMARTS) is 1. The Morgan fingerprint density at radius 1 is 1.33 bits per heavy atom. The van der Waals surface area contributed by atoms with Gasteiger partial charge in [-0.3, -0.25) is 0 Å². The second-order valence-electron chi connectivity index (χ2n) is 4.02. The molecule has 0 fully saturated rings. The smallest absolute Gasteiger partial charge is 0.337 e. The number of nitrogens with zero attached hydrogens (tertiary/aromatic N) is 1. The van der Waals surface area contributed by atoms with Crippen molar-refractivity contribution < 1.29 is 14.3 Å². The molecule has 0 atom stereocenters. The first-order valence-electron chi connectivity index (χ1n) is 5.29. The minimum absolute atomic E-state index is 0.257. The summed E-state index contributed by atoms with van der Waals surface area (Å²) in [6, 6.07) is 6.19. The fourth-order valence-corrected chi connectivity index (χ4v) is 2.37. The van der Waals surface area contributed by atoms with Gasteiger partial charge < -0.3 is 9.67 Å². The highest BCUT2D eigenvalue weighted by molar-refractivity contribution is 9.10. The summed E-state index contributed by atoms with van der Waals surface area (Å²) in [7, 11) is 0. The quantitative estimate of drug-likeness (QED) is 0.919. The molecule has 5 heteroatoms. The van der Waals surface area contributed by atoms with Gasteiger partial charge in [0.25, 0.3) is 0 Å². The Labute approximate surface area is 112 Å². The molecule has 94 valence electrons. The van der Waals surface area contributed by atoms with Crippen molar-refractivity contribution in [1.29, 1.82) is 0 Å². The summed E-state index contributed by atoms with van der Waals surface area (Å²) in [4.78, 5) is 11.1. The van der Waals surface area contributed by atoms with Crippen molar-refractivity contribution >= 4 is 21.9 Å². The lowest BCUT2D eigenvalue weighted by atomic mass is 10.2. The summed E-state index contributed by atoms with van der Waals surface area (Å²) in [5, 5.41) is 9.07. The van der Waals surface area contributed by atoms with Gasteiger partial charge in [0, 0.05) is 17.1 Å². The minimum atomic E-state index is -0.962. The molecule has 2 aromatic rings. The number of carboxylic acids is 1. The number of benzene rings is 1. The minimum Gasteiger partial charge on any atom is -0.478 e. The van der Waals surface area contributed by atoms with E-state index in [0.29, 0.717) is 10.2 Å². The first kappa shape index (κ1) is 12.8. The maximum Gasteiger partial charge on any atom is 0.337 e. The van der Waals surface area contributed by atoms with Crippen molar-refractivity contribution in [3.8, 4) is 5.69 Å². The Hall–Kier alpha value is -1.62. The highest BCUT2D eigenvalue weighted by atomic mass is 79.9. The Bertz CT molecular complexity index is 634. The first-order valence-corrected chi connectivity index (χ1v) is 6.08. The van der Waals surface area contributed by atoms with Crippen LogP contribution in [0.2, 0.25) is 0 Å². The molecule has 0 saturated carbocycles. The molecule has 0 amide bonds. The van der Waals surface area contributed by atoms with Crippen molar-refractivity contribution in [2.45, 2.75) is 13.8 Å². The molecule has 0 bridgehead atoms. The van der Waals surface area contributed by atoms with E-state index in [1.54, 1.807) is 29.7 Å². The van der Waals surface area contributed by atoms with Gasteiger partial charge in [0.15, 0.2) is 0 Å². The van der Waals surface area contributed by atoms with E-state index in [1.807, 2.05) is 6.92 Å². The number of hydrogen-bond donors (Lipinski definition) is 1. The molecule has 0 aliphatic carbocycles. The van der Waals surface area contributed by atoms with Crippen molar-refractivity contribution in [3.05, 3.63) is 51.5 Å². The Morgan fingerprint density at radius 3 is 2.50 bits per heavy atom. The van der Waals surface area contributed by atoms with Crippen LogP contribution in [0.3, 0.4) is 0 Å². The maximum atomic E-state index is 13.2. The predicted molar refractivity (Wildman–Crippen MR) is 69.9 cm³/mol. The van der Waals surface area contributed by atoms with Gasteiger partial charge in [-0.1, -0.05) is 0 Å². The van der Waals surface area contributed by atoms with E-state index in [9.17, 15) is 9.18 Å². The summed E-state index contributed by atoms with van der Waals surface area (Å²) in [6.45, 7) is 3.55. The molecule has 0 radical (unpaired) electrons. The molecule has 2 rings (SSSR count). The molecule has 0 spiro atoms. The van der Waals surface area contributed by atoms with Crippen molar-refractivity contribution in [1.82, 2.24) is 4.57 Å². The van der Waals surface area contributed by atoms with Crippen LogP contribution in [0.5, 0.6) is 0 Å². The molecule has 0 saturated heterocycles. The second-order valence-corrected chi connectivity index (χ2v) is 4.88. The molecule has 3 nitrogen and oxygen atoms in total. The van der Waals surface area contributed by atoms with Gasteiger partial charge >= 0.3 is 5.97 Å². The van der Waals surface area contributed by atoms with Crippen molar-refractivity contribution in [3.63, 3.8) is 0 Å². The number of halogens is 2. The van der Waals surface area contributed by atoms with Gasteiger partial charge in [-0.25, -0.2) is 9.18 Å². The van der Waals surface area contributed by atoms with Crippen LogP contribution in [0.1, 0.15) is 21.7 Å². The molecule has 0 aliphatic rings. The monoisotopic (exact) mass is 311 g/mol. The van der Waals surface area contributed by atoms with E-state index in [2.05, 4.69) is 15.9 Å². The third kappa shape index (κ3) is 2.06. The molecule has 1 heterocycles. The second kappa shape index (κ2) is 4.57. The van der Waals surface area contributed by atoms with Crippen LogP contribution in [-0.4, -0.2) is 15.6 Å². The summed E-state index contributed by atoms with van der Waals surface area (Å²) in [5.74, 6) is -1.31. The van der Waals surface area contributed by atoms with Crippen LogP contribution in [0.25, 0.3) is 5.69 Å². The zero-order chi connectivity index (χ0) is 13.4. The summed E-state index contributed by atoms with van der Waals surface area (Å²) < 4.78 is 15.3. The van der Waals surface area contributed by atoms with Crippen LogP contribution in [-0.2, 0) is 0 Å². The molecular formula is C13H11BrFNO2. The van der Waals surface area contributed by atoms with E-state index >= 15 is 0 Å². The first-order chi connectivity index (χ1) is 8.41. The molecule has 1 N–H and O–H groups in total. The van der Waals surface area contributed by atoms with Crippen molar-refractivity contribution in [2.75, 3.05) is 0 Å². The number of aromatic nitrogens is 1. The Balaban J connectivity index is 2.64. The summed E-state index contributed by atoms with van der Waals surface area (Å²) in [6.07, 6.45) is 0. The van der Waals surface area contributed by atoms with E-state index < -0.39 is 5.97 Å². The molecule has 1 aromatic heterocycles. The topological polar surface area (TPSA) is 42.2 Å².